The second kappa shape index (κ2) is 9.02. The van der Waals surface area contributed by atoms with Gasteiger partial charge in [-0.05, 0) is 43.2 Å². The molecule has 5 heterocycles. The van der Waals surface area contributed by atoms with Gasteiger partial charge < -0.3 is 25.0 Å². The number of aliphatic hydroxyl groups excluding tert-OH is 1. The Hall–Kier alpha value is -3.79. The van der Waals surface area contributed by atoms with Crippen LogP contribution in [0.25, 0.3) is 21.9 Å². The molecule has 0 radical (unpaired) electrons. The van der Waals surface area contributed by atoms with Gasteiger partial charge in [-0.1, -0.05) is 13.0 Å². The lowest BCUT2D eigenvalue weighted by Gasteiger charge is -2.28. The van der Waals surface area contributed by atoms with Crippen molar-refractivity contribution in [2.24, 2.45) is 5.92 Å². The Morgan fingerprint density at radius 3 is 2.75 bits per heavy atom. The van der Waals surface area contributed by atoms with Gasteiger partial charge in [-0.25, -0.2) is 15.0 Å². The molecule has 4 aromatic heterocycles. The van der Waals surface area contributed by atoms with Gasteiger partial charge in [0.25, 0.3) is 0 Å². The molecule has 3 N–H and O–H groups in total. The molecule has 1 fully saturated rings. The van der Waals surface area contributed by atoms with Crippen LogP contribution in [0.4, 0.5) is 11.8 Å². The highest BCUT2D eigenvalue weighted by Gasteiger charge is 2.25. The molecule has 6 rings (SSSR count). The second-order valence-electron chi connectivity index (χ2n) is 9.92. The van der Waals surface area contributed by atoms with E-state index in [9.17, 15) is 9.90 Å². The number of amides is 1. The average Bonchev–Trinajstić information content (AvgIpc) is 3.21. The predicted molar refractivity (Wildman–Crippen MR) is 135 cm³/mol. The van der Waals surface area contributed by atoms with Gasteiger partial charge >= 0.3 is 0 Å². The summed E-state index contributed by atoms with van der Waals surface area (Å²) in [5.74, 6) is 1.54. The fraction of sp³-hybridized carbons (Fsp3) is 0.423. The zero-order valence-electron chi connectivity index (χ0n) is 20.2. The van der Waals surface area contributed by atoms with Gasteiger partial charge in [0.05, 0.1) is 11.7 Å². The van der Waals surface area contributed by atoms with Crippen LogP contribution in [0.2, 0.25) is 0 Å². The molecule has 10 heteroatoms. The van der Waals surface area contributed by atoms with E-state index in [2.05, 4.69) is 26.8 Å². The first-order valence-corrected chi connectivity index (χ1v) is 12.5. The Balaban J connectivity index is 1.34. The fourth-order valence-electron chi connectivity index (χ4n) is 5.55. The first kappa shape index (κ1) is 22.7. The van der Waals surface area contributed by atoms with Gasteiger partial charge in [-0.2, -0.15) is 4.98 Å². The minimum atomic E-state index is -0.478. The van der Waals surface area contributed by atoms with Crippen molar-refractivity contribution in [1.29, 1.82) is 0 Å². The van der Waals surface area contributed by atoms with Crippen LogP contribution in [-0.2, 0) is 17.8 Å². The van der Waals surface area contributed by atoms with Crippen LogP contribution in [0.15, 0.2) is 30.6 Å². The summed E-state index contributed by atoms with van der Waals surface area (Å²) < 4.78 is 2.27. The summed E-state index contributed by atoms with van der Waals surface area (Å²) in [6, 6.07) is 5.82. The van der Waals surface area contributed by atoms with E-state index in [1.807, 2.05) is 12.1 Å². The number of carbonyl (C=O) groups excluding carboxylic acids is 1. The third kappa shape index (κ3) is 4.01. The molecule has 0 spiro atoms. The van der Waals surface area contributed by atoms with Crippen LogP contribution in [0, 0.1) is 5.92 Å². The molecule has 2 aliphatic rings. The largest absolute Gasteiger partial charge is 0.493 e. The van der Waals surface area contributed by atoms with Gasteiger partial charge in [0.15, 0.2) is 0 Å². The minimum Gasteiger partial charge on any atom is -0.493 e. The molecule has 0 unspecified atom stereocenters. The van der Waals surface area contributed by atoms with Crippen molar-refractivity contribution in [2.45, 2.75) is 51.6 Å². The Labute approximate surface area is 208 Å². The van der Waals surface area contributed by atoms with Crippen LogP contribution in [-0.4, -0.2) is 58.7 Å². The monoisotopic (exact) mass is 487 g/mol. The Kier molecular flexibility index (Phi) is 5.67. The summed E-state index contributed by atoms with van der Waals surface area (Å²) >= 11 is 0. The first-order chi connectivity index (χ1) is 17.5. The minimum absolute atomic E-state index is 0.0152. The molecule has 0 saturated heterocycles. The van der Waals surface area contributed by atoms with E-state index in [1.165, 1.54) is 12.8 Å². The van der Waals surface area contributed by atoms with Gasteiger partial charge in [0.1, 0.15) is 18.1 Å². The third-order valence-electron chi connectivity index (χ3n) is 7.54. The topological polar surface area (TPSA) is 129 Å². The number of hydrogen-bond donors (Lipinski definition) is 3. The molecule has 1 aliphatic heterocycles. The maximum Gasteiger partial charge on any atom is 0.248 e. The summed E-state index contributed by atoms with van der Waals surface area (Å²) in [7, 11) is 0. The van der Waals surface area contributed by atoms with Crippen LogP contribution in [0.1, 0.15) is 49.9 Å². The average molecular weight is 488 g/mol. The number of nitrogens with one attached hydrogen (secondary N) is 1. The predicted octanol–water partition coefficient (Wildman–Crippen LogP) is 3.45. The summed E-state index contributed by atoms with van der Waals surface area (Å²) in [5, 5.41) is 24.2. The van der Waals surface area contributed by atoms with E-state index in [4.69, 9.17) is 15.1 Å². The van der Waals surface area contributed by atoms with E-state index in [0.717, 1.165) is 52.0 Å². The van der Waals surface area contributed by atoms with E-state index < -0.39 is 6.61 Å². The first-order valence-electron chi connectivity index (χ1n) is 12.5. The molecular formula is C26H29N7O3. The Morgan fingerprint density at radius 2 is 1.94 bits per heavy atom. The number of hydrogen-bond acceptors (Lipinski definition) is 8. The van der Waals surface area contributed by atoms with Crippen molar-refractivity contribution in [1.82, 2.24) is 29.4 Å². The van der Waals surface area contributed by atoms with E-state index in [-0.39, 0.29) is 11.8 Å². The Morgan fingerprint density at radius 1 is 1.11 bits per heavy atom. The molecule has 0 bridgehead atoms. The lowest BCUT2D eigenvalue weighted by molar-refractivity contribution is -0.135. The zero-order valence-corrected chi connectivity index (χ0v) is 20.2. The molecule has 1 amide bonds. The van der Waals surface area contributed by atoms with Crippen LogP contribution in [0.3, 0.4) is 0 Å². The smallest absolute Gasteiger partial charge is 0.248 e. The van der Waals surface area contributed by atoms with Crippen LogP contribution < -0.4 is 5.32 Å². The highest BCUT2D eigenvalue weighted by atomic mass is 16.3. The number of anilines is 2. The molecule has 0 aromatic carbocycles. The lowest BCUT2D eigenvalue weighted by Crippen LogP contribution is -2.37. The summed E-state index contributed by atoms with van der Waals surface area (Å²) in [6.07, 6.45) is 8.66. The highest BCUT2D eigenvalue weighted by Crippen LogP contribution is 2.39. The van der Waals surface area contributed by atoms with Gasteiger partial charge in [0.2, 0.25) is 17.7 Å². The zero-order chi connectivity index (χ0) is 24.8. The number of aliphatic hydroxyl groups is 1. The molecule has 4 aromatic rings. The SMILES string of the molecule is C[C@H]1CC[C@H](n2c3cnc(O)cc3c3cnc(Nc4ccc5c(n4)CCN(C(=O)CO)C5)nc32)CC1. The molecule has 186 valence electrons. The number of pyridine rings is 2. The molecule has 1 aliphatic carbocycles. The molecule has 1 saturated carbocycles. The van der Waals surface area contributed by atoms with Crippen LogP contribution in [0.5, 0.6) is 5.88 Å². The van der Waals surface area contributed by atoms with E-state index in [1.54, 1.807) is 23.4 Å². The summed E-state index contributed by atoms with van der Waals surface area (Å²) in [6.45, 7) is 2.81. The molecule has 0 atom stereocenters. The van der Waals surface area contributed by atoms with E-state index in [0.29, 0.717) is 37.3 Å². The highest BCUT2D eigenvalue weighted by molar-refractivity contribution is 6.06. The summed E-state index contributed by atoms with van der Waals surface area (Å²) in [5.41, 5.74) is 3.69. The maximum atomic E-state index is 11.8. The fourth-order valence-corrected chi connectivity index (χ4v) is 5.55. The Bertz CT molecular complexity index is 1460. The lowest BCUT2D eigenvalue weighted by atomic mass is 9.87. The number of aromatic hydroxyl groups is 1. The number of fused-ring (bicyclic) bond motifs is 4. The van der Waals surface area contributed by atoms with E-state index >= 15 is 0 Å². The number of nitrogens with zero attached hydrogens (tertiary/aromatic N) is 6. The van der Waals surface area contributed by atoms with Crippen molar-refractivity contribution in [3.8, 4) is 5.88 Å². The normalized spacial score (nSPS) is 20.0. The molecule has 36 heavy (non-hydrogen) atoms. The van der Waals surface area contributed by atoms with Crippen molar-refractivity contribution in [3.63, 3.8) is 0 Å². The quantitative estimate of drug-likeness (QED) is 0.399. The number of rotatable bonds is 4. The second-order valence-corrected chi connectivity index (χ2v) is 9.92. The number of aromatic nitrogens is 5. The summed E-state index contributed by atoms with van der Waals surface area (Å²) in [4.78, 5) is 31.8. The molecule has 10 nitrogen and oxygen atoms in total. The standard InChI is InChI=1S/C26H29N7O3/c1-15-2-5-17(6-3-15)33-21-12-27-23(35)10-18(21)19-11-28-26(31-25(19)33)30-22-7-4-16-13-32(24(36)14-34)9-8-20(16)29-22/h4,7,10-12,15,17,34H,2-3,5-6,8-9,13-14H2,1H3,(H,27,35)(H,28,29,30,31)/t15-,17-. The number of carbonyl (C=O) groups is 1. The van der Waals surface area contributed by atoms with Gasteiger partial charge in [0, 0.05) is 54.3 Å². The van der Waals surface area contributed by atoms with Crippen molar-refractivity contribution >= 4 is 39.6 Å². The van der Waals surface area contributed by atoms with Gasteiger partial charge in [-0.3, -0.25) is 4.79 Å². The molecular weight excluding hydrogens is 458 g/mol. The maximum absolute atomic E-state index is 11.8. The third-order valence-corrected chi connectivity index (χ3v) is 7.54. The van der Waals surface area contributed by atoms with Gasteiger partial charge in [-0.15, -0.1) is 0 Å². The van der Waals surface area contributed by atoms with Crippen molar-refractivity contribution in [3.05, 3.63) is 41.9 Å². The van der Waals surface area contributed by atoms with Crippen LogP contribution >= 0.6 is 0 Å². The van der Waals surface area contributed by atoms with Crippen molar-refractivity contribution in [2.75, 3.05) is 18.5 Å². The van der Waals surface area contributed by atoms with Crippen molar-refractivity contribution < 1.29 is 15.0 Å².